The predicted octanol–water partition coefficient (Wildman–Crippen LogP) is 16.6. The lowest BCUT2D eigenvalue weighted by atomic mass is 9.84. The summed E-state index contributed by atoms with van der Waals surface area (Å²) in [5.41, 5.74) is 8.18. The minimum absolute atomic E-state index is 0.121. The van der Waals surface area contributed by atoms with E-state index in [-0.39, 0.29) is 24.7 Å². The van der Waals surface area contributed by atoms with Crippen molar-refractivity contribution in [2.24, 2.45) is 9.98 Å². The molecule has 0 unspecified atom stereocenters. The van der Waals surface area contributed by atoms with E-state index in [9.17, 15) is 20.4 Å². The number of fused-ring (bicyclic) bond motifs is 2. The Hall–Kier alpha value is -8.82. The van der Waals surface area contributed by atoms with Gasteiger partial charge in [-0.2, -0.15) is 0 Å². The van der Waals surface area contributed by atoms with Gasteiger partial charge in [0, 0.05) is 45.8 Å². The third-order valence-corrected chi connectivity index (χ3v) is 14.7. The van der Waals surface area contributed by atoms with E-state index in [0.29, 0.717) is 22.6 Å². The highest BCUT2D eigenvalue weighted by Crippen LogP contribution is 2.47. The molecule has 80 heavy (non-hydrogen) atoms. The maximum Gasteiger partial charge on any atom is 0.128 e. The minimum Gasteiger partial charge on any atom is -0.507 e. The summed E-state index contributed by atoms with van der Waals surface area (Å²) in [7, 11) is 0. The fourth-order valence-corrected chi connectivity index (χ4v) is 10.5. The summed E-state index contributed by atoms with van der Waals surface area (Å²) in [5.74, 6) is 1.53. The average Bonchev–Trinajstić information content (AvgIpc) is 3.48. The molecular weight excluding hydrogens is 989 g/mol. The third-order valence-electron chi connectivity index (χ3n) is 14.7. The summed E-state index contributed by atoms with van der Waals surface area (Å²) in [6, 6.07) is 69.8. The Morgan fingerprint density at radius 2 is 0.725 bits per heavy atom. The molecule has 4 atom stereocenters. The number of aliphatic hydroxyl groups excluding tert-OH is 2. The largest absolute Gasteiger partial charge is 0.507 e. The van der Waals surface area contributed by atoms with E-state index >= 15 is 0 Å². The van der Waals surface area contributed by atoms with Gasteiger partial charge in [-0.15, -0.1) is 0 Å². The molecule has 10 rings (SSSR count). The molecule has 0 aliphatic carbocycles. The van der Waals surface area contributed by atoms with Gasteiger partial charge in [0.1, 0.15) is 60.5 Å². The molecule has 0 bridgehead atoms. The van der Waals surface area contributed by atoms with Crippen LogP contribution in [0.15, 0.2) is 228 Å². The third kappa shape index (κ3) is 12.1. The van der Waals surface area contributed by atoms with Crippen molar-refractivity contribution in [2.45, 2.75) is 89.9 Å². The summed E-state index contributed by atoms with van der Waals surface area (Å²) in [6.07, 6.45) is 1.48. The van der Waals surface area contributed by atoms with Gasteiger partial charge < -0.3 is 29.9 Å². The Balaban J connectivity index is 1.02. The zero-order chi connectivity index (χ0) is 56.0. The van der Waals surface area contributed by atoms with Crippen LogP contribution < -0.4 is 9.47 Å². The highest BCUT2D eigenvalue weighted by Gasteiger charge is 2.27. The molecular formula is C72H68N2O6. The number of hydrogen-bond acceptors (Lipinski definition) is 8. The highest BCUT2D eigenvalue weighted by molar-refractivity contribution is 6.09. The van der Waals surface area contributed by atoms with Crippen LogP contribution in [0.3, 0.4) is 0 Å². The summed E-state index contributed by atoms with van der Waals surface area (Å²) in [6.45, 7) is 12.7. The molecule has 0 aliphatic rings. The van der Waals surface area contributed by atoms with Crippen molar-refractivity contribution < 1.29 is 29.9 Å². The van der Waals surface area contributed by atoms with Crippen molar-refractivity contribution in [3.63, 3.8) is 0 Å². The van der Waals surface area contributed by atoms with Gasteiger partial charge in [-0.3, -0.25) is 9.98 Å². The zero-order valence-electron chi connectivity index (χ0n) is 46.2. The maximum absolute atomic E-state index is 11.9. The molecule has 0 amide bonds. The van der Waals surface area contributed by atoms with Crippen LogP contribution in [0.2, 0.25) is 0 Å². The number of aliphatic hydroxyl groups is 2. The number of ether oxygens (including phenoxy) is 2. The van der Waals surface area contributed by atoms with Gasteiger partial charge in [-0.1, -0.05) is 224 Å². The number of hydrogen-bond donors (Lipinski definition) is 4. The van der Waals surface area contributed by atoms with Crippen LogP contribution in [0.5, 0.6) is 23.0 Å². The van der Waals surface area contributed by atoms with E-state index in [4.69, 9.17) is 19.5 Å². The van der Waals surface area contributed by atoms with Crippen molar-refractivity contribution in [1.29, 1.82) is 0 Å². The molecule has 0 heterocycles. The molecule has 0 saturated heterocycles. The summed E-state index contributed by atoms with van der Waals surface area (Å²) in [4.78, 5) is 10.0. The first-order chi connectivity index (χ1) is 38.6. The Kier molecular flexibility index (Phi) is 16.1. The zero-order valence-corrected chi connectivity index (χ0v) is 46.2. The summed E-state index contributed by atoms with van der Waals surface area (Å²) >= 11 is 0. The van der Waals surface area contributed by atoms with E-state index in [1.54, 1.807) is 12.4 Å². The molecule has 0 radical (unpaired) electrons. The molecule has 0 aromatic heterocycles. The fourth-order valence-electron chi connectivity index (χ4n) is 10.5. The van der Waals surface area contributed by atoms with Gasteiger partial charge in [0.05, 0.1) is 0 Å². The first-order valence-corrected chi connectivity index (χ1v) is 27.3. The van der Waals surface area contributed by atoms with Crippen LogP contribution in [0, 0.1) is 0 Å². The number of aromatic hydroxyl groups is 2. The normalized spacial score (nSPS) is 13.7. The Labute approximate surface area is 469 Å². The summed E-state index contributed by atoms with van der Waals surface area (Å²) in [5, 5.41) is 51.4. The number of nitrogens with zero attached hydrogens (tertiary/aromatic N) is 2. The van der Waals surface area contributed by atoms with Gasteiger partial charge in [0.15, 0.2) is 0 Å². The first kappa shape index (κ1) is 54.5. The summed E-state index contributed by atoms with van der Waals surface area (Å²) < 4.78 is 14.1. The van der Waals surface area contributed by atoms with E-state index < -0.39 is 35.1 Å². The van der Waals surface area contributed by atoms with Crippen LogP contribution in [0.1, 0.15) is 121 Å². The predicted molar refractivity (Wildman–Crippen MR) is 326 cm³/mol. The SMILES string of the molecule is CC(C)(C)c1cc(COc2ccc3ccccc3c2-c2c(OCc3cc(C=N[C@H](c4ccccc4)[C@@H](O)c4ccccc4)c(O)c(C(C)(C)C)c3)ccc3ccccc23)cc(C=N[C@H](c2ccccc2)[C@@H](O)c2ccccc2)c1O. The van der Waals surface area contributed by atoms with Gasteiger partial charge in [0.25, 0.3) is 0 Å². The van der Waals surface area contributed by atoms with Crippen LogP contribution in [0.25, 0.3) is 32.7 Å². The molecule has 10 aromatic carbocycles. The minimum atomic E-state index is -0.932. The lowest BCUT2D eigenvalue weighted by Gasteiger charge is -2.24. The maximum atomic E-state index is 11.9. The van der Waals surface area contributed by atoms with E-state index in [2.05, 4.69) is 77.9 Å². The second-order valence-electron chi connectivity index (χ2n) is 22.5. The molecule has 8 nitrogen and oxygen atoms in total. The number of phenolic OH excluding ortho intramolecular Hbond substituents is 2. The van der Waals surface area contributed by atoms with Crippen LogP contribution in [-0.2, 0) is 24.0 Å². The van der Waals surface area contributed by atoms with Crippen molar-refractivity contribution in [3.8, 4) is 34.1 Å². The monoisotopic (exact) mass is 1060 g/mol. The van der Waals surface area contributed by atoms with Gasteiger partial charge >= 0.3 is 0 Å². The highest BCUT2D eigenvalue weighted by atomic mass is 16.5. The number of rotatable bonds is 17. The number of benzene rings is 10. The molecule has 4 N–H and O–H groups in total. The van der Waals surface area contributed by atoms with Crippen LogP contribution in [-0.4, -0.2) is 32.9 Å². The fraction of sp³-hybridized carbons (Fsp3) is 0.194. The number of phenols is 2. The molecule has 0 spiro atoms. The topological polar surface area (TPSA) is 124 Å². The van der Waals surface area contributed by atoms with Crippen LogP contribution >= 0.6 is 0 Å². The molecule has 402 valence electrons. The molecule has 0 aliphatic heterocycles. The van der Waals surface area contributed by atoms with Crippen molar-refractivity contribution >= 4 is 34.0 Å². The Morgan fingerprint density at radius 3 is 1.07 bits per heavy atom. The Morgan fingerprint density at radius 1 is 0.400 bits per heavy atom. The molecule has 0 saturated carbocycles. The van der Waals surface area contributed by atoms with Gasteiger partial charge in [0.2, 0.25) is 0 Å². The average molecular weight is 1060 g/mol. The lowest BCUT2D eigenvalue weighted by Crippen LogP contribution is -2.14. The first-order valence-electron chi connectivity index (χ1n) is 27.3. The smallest absolute Gasteiger partial charge is 0.128 e. The van der Waals surface area contributed by atoms with E-state index in [0.717, 1.165) is 77.2 Å². The quantitative estimate of drug-likeness (QED) is 0.0674. The number of aliphatic imine (C=N–C) groups is 2. The standard InChI is InChI=1S/C72H68N2O6/c1-71(2,3)59-41-47(39-55(67(59)75)43-73-65(51-25-11-7-12-26-51)69(77)53-29-15-9-16-30-53)45-79-61-37-35-49-23-19-21-33-57(49)63(61)64-58-34-22-20-24-50(58)36-38-62(64)80-46-48-40-56(68(76)60(42-48)72(4,5)6)44-74-66(52-27-13-8-14-28-52)70(78)54-31-17-10-18-32-54/h7-44,65-66,69-70,75-78H,45-46H2,1-6H3/t65-,66-,69+,70+/m1/s1. The second-order valence-corrected chi connectivity index (χ2v) is 22.5. The van der Waals surface area contributed by atoms with Crippen LogP contribution in [0.4, 0.5) is 0 Å². The second kappa shape index (κ2) is 23.6. The lowest BCUT2D eigenvalue weighted by molar-refractivity contribution is 0.148. The van der Waals surface area contributed by atoms with Crippen molar-refractivity contribution in [3.05, 3.63) is 274 Å². The van der Waals surface area contributed by atoms with Gasteiger partial charge in [-0.25, -0.2) is 0 Å². The van der Waals surface area contributed by atoms with Crippen molar-refractivity contribution in [2.75, 3.05) is 0 Å². The van der Waals surface area contributed by atoms with Gasteiger partial charge in [-0.05, 0) is 102 Å². The molecule has 10 aromatic rings. The van der Waals surface area contributed by atoms with Crippen molar-refractivity contribution in [1.82, 2.24) is 0 Å². The Bertz CT molecular complexity index is 3560. The van der Waals surface area contributed by atoms with E-state index in [1.807, 2.05) is 182 Å². The van der Waals surface area contributed by atoms with E-state index in [1.165, 1.54) is 0 Å². The molecule has 0 fully saturated rings. The molecule has 8 heteroatoms.